The lowest BCUT2D eigenvalue weighted by Gasteiger charge is -2.33. The van der Waals surface area contributed by atoms with E-state index in [0.717, 1.165) is 29.9 Å². The number of nitrogens with one attached hydrogen (secondary N) is 1. The third kappa shape index (κ3) is 11.6. The maximum Gasteiger partial charge on any atom is 0.0574 e. The standard InChI is InChI=1S/C27H53NO/c1-6-8-11-15-22(3)20-23(4)27(28)19-13-10-9-12-16-24(7-2)25-17-14-18-26(21-25)29-5/h22-26,28H,6-21H2,1-5H3/t22?,23-,24+,25?,26+/m1/s1. The average molecular weight is 408 g/mol. The Balaban J connectivity index is 2.12. The van der Waals surface area contributed by atoms with Gasteiger partial charge in [-0.25, -0.2) is 0 Å². The molecule has 0 aliphatic heterocycles. The fraction of sp³-hybridized carbons (Fsp3) is 0.963. The minimum absolute atomic E-state index is 0.483. The fourth-order valence-electron chi connectivity index (χ4n) is 5.52. The second-order valence-corrected chi connectivity index (χ2v) is 10.2. The van der Waals surface area contributed by atoms with Crippen LogP contribution < -0.4 is 0 Å². The van der Waals surface area contributed by atoms with Crippen LogP contribution in [0.2, 0.25) is 0 Å². The minimum atomic E-state index is 0.483. The van der Waals surface area contributed by atoms with Gasteiger partial charge in [0.15, 0.2) is 0 Å². The van der Waals surface area contributed by atoms with E-state index >= 15 is 0 Å². The molecule has 2 unspecified atom stereocenters. The average Bonchev–Trinajstić information content (AvgIpc) is 2.73. The van der Waals surface area contributed by atoms with E-state index in [1.54, 1.807) is 0 Å². The van der Waals surface area contributed by atoms with Crippen molar-refractivity contribution in [1.82, 2.24) is 0 Å². The van der Waals surface area contributed by atoms with E-state index in [9.17, 15) is 0 Å². The van der Waals surface area contributed by atoms with Gasteiger partial charge in [0.2, 0.25) is 0 Å². The summed E-state index contributed by atoms with van der Waals surface area (Å²) in [6, 6.07) is 0. The van der Waals surface area contributed by atoms with Gasteiger partial charge in [-0.05, 0) is 62.2 Å². The lowest BCUT2D eigenvalue weighted by atomic mass is 9.75. The molecule has 172 valence electrons. The maximum atomic E-state index is 8.44. The van der Waals surface area contributed by atoms with E-state index in [2.05, 4.69) is 27.7 Å². The van der Waals surface area contributed by atoms with Crippen LogP contribution in [0.25, 0.3) is 0 Å². The van der Waals surface area contributed by atoms with Gasteiger partial charge >= 0.3 is 0 Å². The summed E-state index contributed by atoms with van der Waals surface area (Å²) in [7, 11) is 1.89. The molecule has 0 aromatic carbocycles. The third-order valence-electron chi connectivity index (χ3n) is 7.61. The molecule has 0 amide bonds. The van der Waals surface area contributed by atoms with Crippen LogP contribution in [0.4, 0.5) is 0 Å². The summed E-state index contributed by atoms with van der Waals surface area (Å²) in [4.78, 5) is 0. The lowest BCUT2D eigenvalue weighted by Crippen LogP contribution is -2.26. The Hall–Kier alpha value is -0.370. The molecule has 0 radical (unpaired) electrons. The number of rotatable bonds is 17. The fourth-order valence-corrected chi connectivity index (χ4v) is 5.52. The summed E-state index contributed by atoms with van der Waals surface area (Å²) in [5.74, 6) is 3.06. The van der Waals surface area contributed by atoms with Crippen molar-refractivity contribution in [2.24, 2.45) is 23.7 Å². The number of hydrogen-bond acceptors (Lipinski definition) is 2. The molecule has 0 aromatic rings. The normalized spacial score (nSPS) is 22.9. The first-order valence-electron chi connectivity index (χ1n) is 13.1. The first-order valence-corrected chi connectivity index (χ1v) is 13.1. The molecule has 0 bridgehead atoms. The summed E-state index contributed by atoms with van der Waals surface area (Å²) < 4.78 is 5.64. The van der Waals surface area contributed by atoms with Crippen molar-refractivity contribution in [3.8, 4) is 0 Å². The minimum Gasteiger partial charge on any atom is -0.381 e. The third-order valence-corrected chi connectivity index (χ3v) is 7.61. The van der Waals surface area contributed by atoms with Crippen molar-refractivity contribution in [1.29, 1.82) is 5.41 Å². The number of hydrogen-bond donors (Lipinski definition) is 1. The Morgan fingerprint density at radius 3 is 2.38 bits per heavy atom. The predicted molar refractivity (Wildman–Crippen MR) is 129 cm³/mol. The quantitative estimate of drug-likeness (QED) is 0.189. The Morgan fingerprint density at radius 1 is 0.966 bits per heavy atom. The van der Waals surface area contributed by atoms with E-state index in [1.807, 2.05) is 7.11 Å². The second kappa shape index (κ2) is 16.3. The van der Waals surface area contributed by atoms with Crippen LogP contribution in [0.15, 0.2) is 0 Å². The first kappa shape index (κ1) is 26.7. The van der Waals surface area contributed by atoms with Gasteiger partial charge in [0.05, 0.1) is 6.10 Å². The van der Waals surface area contributed by atoms with Crippen molar-refractivity contribution in [2.75, 3.05) is 7.11 Å². The van der Waals surface area contributed by atoms with Crippen LogP contribution in [0.3, 0.4) is 0 Å². The zero-order valence-electron chi connectivity index (χ0n) is 20.6. The molecule has 0 spiro atoms. The van der Waals surface area contributed by atoms with Crippen LogP contribution in [-0.4, -0.2) is 18.9 Å². The number of methoxy groups -OCH3 is 1. The summed E-state index contributed by atoms with van der Waals surface area (Å²) in [6.07, 6.45) is 21.5. The molecule has 5 atom stereocenters. The van der Waals surface area contributed by atoms with E-state index in [0.29, 0.717) is 12.0 Å². The monoisotopic (exact) mass is 407 g/mol. The molecule has 0 saturated heterocycles. The summed E-state index contributed by atoms with van der Waals surface area (Å²) >= 11 is 0. The van der Waals surface area contributed by atoms with Crippen molar-refractivity contribution in [2.45, 2.75) is 137 Å². The van der Waals surface area contributed by atoms with Crippen LogP contribution in [0.5, 0.6) is 0 Å². The van der Waals surface area contributed by atoms with Gasteiger partial charge in [-0.3, -0.25) is 0 Å². The van der Waals surface area contributed by atoms with Crippen LogP contribution >= 0.6 is 0 Å². The van der Waals surface area contributed by atoms with Gasteiger partial charge in [0.25, 0.3) is 0 Å². The predicted octanol–water partition coefficient (Wildman–Crippen LogP) is 8.82. The van der Waals surface area contributed by atoms with E-state index in [-0.39, 0.29) is 0 Å². The molecule has 1 saturated carbocycles. The zero-order chi connectivity index (χ0) is 21.5. The zero-order valence-corrected chi connectivity index (χ0v) is 20.6. The Morgan fingerprint density at radius 2 is 1.69 bits per heavy atom. The molecule has 1 aliphatic carbocycles. The SMILES string of the molecule is CCCCCC(C)C[C@@H](C)C(=N)CCCCCC[C@H](CC)C1CCC[C@H](OC)C1. The van der Waals surface area contributed by atoms with Gasteiger partial charge in [0.1, 0.15) is 0 Å². The molecule has 2 nitrogen and oxygen atoms in total. The molecule has 1 rings (SSSR count). The lowest BCUT2D eigenvalue weighted by molar-refractivity contribution is 0.0347. The van der Waals surface area contributed by atoms with Crippen molar-refractivity contribution in [3.63, 3.8) is 0 Å². The van der Waals surface area contributed by atoms with Gasteiger partial charge < -0.3 is 10.1 Å². The highest BCUT2D eigenvalue weighted by molar-refractivity contribution is 5.83. The number of unbranched alkanes of at least 4 members (excludes halogenated alkanes) is 5. The van der Waals surface area contributed by atoms with E-state index in [4.69, 9.17) is 10.1 Å². The van der Waals surface area contributed by atoms with Crippen LogP contribution in [0, 0.1) is 29.1 Å². The largest absolute Gasteiger partial charge is 0.381 e. The van der Waals surface area contributed by atoms with Gasteiger partial charge in [-0.1, -0.05) is 91.9 Å². The highest BCUT2D eigenvalue weighted by Gasteiger charge is 2.27. The first-order chi connectivity index (χ1) is 14.0. The highest BCUT2D eigenvalue weighted by Crippen LogP contribution is 2.35. The molecule has 0 heterocycles. The summed E-state index contributed by atoms with van der Waals surface area (Å²) in [6.45, 7) is 9.32. The van der Waals surface area contributed by atoms with Crippen molar-refractivity contribution >= 4 is 5.71 Å². The molecular formula is C27H53NO. The second-order valence-electron chi connectivity index (χ2n) is 10.2. The van der Waals surface area contributed by atoms with Crippen LogP contribution in [0.1, 0.15) is 130 Å². The van der Waals surface area contributed by atoms with Gasteiger partial charge in [-0.15, -0.1) is 0 Å². The highest BCUT2D eigenvalue weighted by atomic mass is 16.5. The molecule has 2 heteroatoms. The van der Waals surface area contributed by atoms with Gasteiger partial charge in [-0.2, -0.15) is 0 Å². The Bertz CT molecular complexity index is 407. The molecule has 1 aliphatic rings. The van der Waals surface area contributed by atoms with E-state index in [1.165, 1.54) is 96.3 Å². The smallest absolute Gasteiger partial charge is 0.0574 e. The Kier molecular flexibility index (Phi) is 15.0. The van der Waals surface area contributed by atoms with Gasteiger partial charge in [0, 0.05) is 12.8 Å². The Labute approximate surface area is 183 Å². The summed E-state index contributed by atoms with van der Waals surface area (Å²) in [5.41, 5.74) is 1.01. The number of ether oxygens (including phenoxy) is 1. The van der Waals surface area contributed by atoms with E-state index < -0.39 is 0 Å². The summed E-state index contributed by atoms with van der Waals surface area (Å²) in [5, 5.41) is 8.44. The van der Waals surface area contributed by atoms with Crippen molar-refractivity contribution in [3.05, 3.63) is 0 Å². The molecule has 1 N–H and O–H groups in total. The molecular weight excluding hydrogens is 354 g/mol. The van der Waals surface area contributed by atoms with Crippen molar-refractivity contribution < 1.29 is 4.74 Å². The topological polar surface area (TPSA) is 33.1 Å². The van der Waals surface area contributed by atoms with Crippen LogP contribution in [-0.2, 0) is 4.74 Å². The maximum absolute atomic E-state index is 8.44. The molecule has 29 heavy (non-hydrogen) atoms. The molecule has 0 aromatic heterocycles. The molecule has 1 fully saturated rings.